The highest BCUT2D eigenvalue weighted by Crippen LogP contribution is 2.26. The van der Waals surface area contributed by atoms with Gasteiger partial charge in [-0.05, 0) is 38.0 Å². The Labute approximate surface area is 183 Å². The lowest BCUT2D eigenvalue weighted by atomic mass is 10.1. The van der Waals surface area contributed by atoms with Crippen LogP contribution in [-0.4, -0.2) is 37.5 Å². The van der Waals surface area contributed by atoms with E-state index in [1.807, 2.05) is 28.8 Å². The van der Waals surface area contributed by atoms with Crippen LogP contribution in [0.2, 0.25) is 0 Å². The summed E-state index contributed by atoms with van der Waals surface area (Å²) in [5.74, 6) is -0.474. The van der Waals surface area contributed by atoms with Gasteiger partial charge < -0.3 is 4.57 Å². The summed E-state index contributed by atoms with van der Waals surface area (Å²) >= 11 is 0. The van der Waals surface area contributed by atoms with Gasteiger partial charge in [-0.2, -0.15) is 0 Å². The second kappa shape index (κ2) is 9.20. The van der Waals surface area contributed by atoms with Crippen LogP contribution in [0.1, 0.15) is 30.1 Å². The minimum Gasteiger partial charge on any atom is -0.347 e. The molecule has 1 aromatic heterocycles. The zero-order valence-corrected chi connectivity index (χ0v) is 18.9. The zero-order chi connectivity index (χ0) is 22.6. The smallest absolute Gasteiger partial charge is 0.195 e. The number of rotatable bonds is 10. The van der Waals surface area contributed by atoms with Crippen molar-refractivity contribution < 1.29 is 21.6 Å². The van der Waals surface area contributed by atoms with Crippen molar-refractivity contribution in [1.29, 1.82) is 0 Å². The molecule has 1 unspecified atom stereocenters. The molecule has 3 rings (SSSR count). The van der Waals surface area contributed by atoms with Gasteiger partial charge in [-0.3, -0.25) is 4.79 Å². The molecule has 0 aliphatic carbocycles. The number of carbonyl (C=O) groups excluding carboxylic acids is 1. The zero-order valence-electron chi connectivity index (χ0n) is 17.3. The normalized spacial score (nSPS) is 13.2. The molecular formula is C23H25NO5S2. The number of ketones is 1. The van der Waals surface area contributed by atoms with E-state index in [1.54, 1.807) is 24.4 Å². The van der Waals surface area contributed by atoms with Gasteiger partial charge in [0.25, 0.3) is 0 Å². The number of carbonyl (C=O) groups is 1. The molecule has 0 bridgehead atoms. The summed E-state index contributed by atoms with van der Waals surface area (Å²) in [4.78, 5) is 11.9. The molecule has 1 atom stereocenters. The fourth-order valence-corrected chi connectivity index (χ4v) is 8.20. The summed E-state index contributed by atoms with van der Waals surface area (Å²) in [5, 5.41) is 0.822. The first-order valence-electron chi connectivity index (χ1n) is 9.88. The van der Waals surface area contributed by atoms with E-state index in [9.17, 15) is 21.6 Å². The summed E-state index contributed by atoms with van der Waals surface area (Å²) < 4.78 is 52.2. The van der Waals surface area contributed by atoms with Crippen molar-refractivity contribution in [3.05, 3.63) is 79.0 Å². The highest BCUT2D eigenvalue weighted by molar-refractivity contribution is 8.09. The van der Waals surface area contributed by atoms with E-state index in [0.29, 0.717) is 18.5 Å². The summed E-state index contributed by atoms with van der Waals surface area (Å²) in [6, 6.07) is 15.1. The quantitative estimate of drug-likeness (QED) is 0.337. The number of hydrogen-bond donors (Lipinski definition) is 0. The first kappa shape index (κ1) is 23.0. The number of fused-ring (bicyclic) bond motifs is 1. The molecule has 6 nitrogen and oxygen atoms in total. The maximum absolute atomic E-state index is 13.1. The highest BCUT2D eigenvalue weighted by Gasteiger charge is 2.37. The van der Waals surface area contributed by atoms with Crippen molar-refractivity contribution in [1.82, 2.24) is 4.57 Å². The molecule has 1 heterocycles. The van der Waals surface area contributed by atoms with Gasteiger partial charge in [0, 0.05) is 29.2 Å². The Balaban J connectivity index is 1.90. The predicted octanol–water partition coefficient (Wildman–Crippen LogP) is 4.02. The lowest BCUT2D eigenvalue weighted by Crippen LogP contribution is -2.32. The molecule has 0 amide bonds. The molecule has 0 saturated carbocycles. The van der Waals surface area contributed by atoms with Gasteiger partial charge in [0.1, 0.15) is 0 Å². The first-order valence-corrected chi connectivity index (χ1v) is 13.1. The number of hydrogen-bond acceptors (Lipinski definition) is 5. The Morgan fingerprint density at radius 1 is 1.03 bits per heavy atom. The average Bonchev–Trinajstić information content (AvgIpc) is 3.10. The van der Waals surface area contributed by atoms with Crippen LogP contribution in [0.25, 0.3) is 10.9 Å². The second-order valence-corrected chi connectivity index (χ2v) is 12.0. The Bertz CT molecular complexity index is 1310. The van der Waals surface area contributed by atoms with E-state index >= 15 is 0 Å². The standard InChI is InChI=1S/C23H25NO5S2/c1-3-16-30(26,27)23(31(28,29)19-10-5-4-6-11-19)14-9-15-24-17-21(18(2)25)20-12-7-8-13-22(20)24/h3-8,10-13,17,23H,1,9,14-16H2,2H3. The van der Waals surface area contributed by atoms with Gasteiger partial charge in [0.2, 0.25) is 0 Å². The lowest BCUT2D eigenvalue weighted by Gasteiger charge is -2.18. The first-order chi connectivity index (χ1) is 14.7. The second-order valence-electron chi connectivity index (χ2n) is 7.36. The minimum absolute atomic E-state index is 0.0158. The third-order valence-electron chi connectivity index (χ3n) is 5.18. The Morgan fingerprint density at radius 2 is 1.68 bits per heavy atom. The van der Waals surface area contributed by atoms with Gasteiger partial charge >= 0.3 is 0 Å². The molecule has 0 spiro atoms. The van der Waals surface area contributed by atoms with E-state index < -0.39 is 30.0 Å². The third-order valence-corrected chi connectivity index (χ3v) is 10.4. The van der Waals surface area contributed by atoms with Crippen LogP contribution < -0.4 is 0 Å². The molecule has 0 radical (unpaired) electrons. The maximum atomic E-state index is 13.1. The number of aryl methyl sites for hydroxylation is 1. The van der Waals surface area contributed by atoms with Gasteiger partial charge in [0.05, 0.1) is 10.6 Å². The molecule has 0 aliphatic heterocycles. The van der Waals surface area contributed by atoms with Crippen LogP contribution in [0, 0.1) is 0 Å². The minimum atomic E-state index is -4.09. The fourth-order valence-electron chi connectivity index (χ4n) is 3.70. The summed E-state index contributed by atoms with van der Waals surface area (Å²) in [6.45, 7) is 5.34. The van der Waals surface area contributed by atoms with Crippen molar-refractivity contribution in [3.63, 3.8) is 0 Å². The summed E-state index contributed by atoms with van der Waals surface area (Å²) in [7, 11) is -8.04. The van der Waals surface area contributed by atoms with Crippen molar-refractivity contribution in [2.24, 2.45) is 0 Å². The Kier molecular flexibility index (Phi) is 6.81. The predicted molar refractivity (Wildman–Crippen MR) is 123 cm³/mol. The van der Waals surface area contributed by atoms with Gasteiger partial charge in [0.15, 0.2) is 30.0 Å². The molecule has 8 heteroatoms. The Hall–Kier alpha value is -2.71. The monoisotopic (exact) mass is 459 g/mol. The highest BCUT2D eigenvalue weighted by atomic mass is 32.3. The average molecular weight is 460 g/mol. The third kappa shape index (κ3) is 4.80. The Morgan fingerprint density at radius 3 is 2.32 bits per heavy atom. The van der Waals surface area contributed by atoms with E-state index in [-0.39, 0.29) is 17.1 Å². The van der Waals surface area contributed by atoms with Crippen LogP contribution in [0.4, 0.5) is 0 Å². The maximum Gasteiger partial charge on any atom is 0.195 e. The van der Waals surface area contributed by atoms with E-state index in [0.717, 1.165) is 10.9 Å². The van der Waals surface area contributed by atoms with Gasteiger partial charge in [-0.1, -0.05) is 42.5 Å². The summed E-state index contributed by atoms with van der Waals surface area (Å²) in [5.41, 5.74) is 1.44. The van der Waals surface area contributed by atoms with Crippen molar-refractivity contribution in [3.8, 4) is 0 Å². The number of para-hydroxylation sites is 1. The topological polar surface area (TPSA) is 90.3 Å². The number of nitrogens with zero attached hydrogens (tertiary/aromatic N) is 1. The molecule has 2 aromatic carbocycles. The molecule has 0 saturated heterocycles. The van der Waals surface area contributed by atoms with E-state index in [4.69, 9.17) is 0 Å². The number of aromatic nitrogens is 1. The molecule has 31 heavy (non-hydrogen) atoms. The number of Topliss-reactive ketones (excluding diaryl/α,β-unsaturated/α-hetero) is 1. The van der Waals surface area contributed by atoms with Crippen LogP contribution in [0.3, 0.4) is 0 Å². The van der Waals surface area contributed by atoms with E-state index in [2.05, 4.69) is 6.58 Å². The molecule has 164 valence electrons. The van der Waals surface area contributed by atoms with Crippen molar-refractivity contribution in [2.75, 3.05) is 5.75 Å². The van der Waals surface area contributed by atoms with Crippen LogP contribution in [0.15, 0.2) is 78.3 Å². The van der Waals surface area contributed by atoms with Crippen LogP contribution >= 0.6 is 0 Å². The fraction of sp³-hybridized carbons (Fsp3) is 0.261. The van der Waals surface area contributed by atoms with E-state index in [1.165, 1.54) is 25.1 Å². The summed E-state index contributed by atoms with van der Waals surface area (Å²) in [6.07, 6.45) is 3.20. The molecule has 3 aromatic rings. The van der Waals surface area contributed by atoms with Gasteiger partial charge in [-0.15, -0.1) is 6.58 Å². The molecule has 0 N–H and O–H groups in total. The molecule has 0 fully saturated rings. The van der Waals surface area contributed by atoms with Crippen molar-refractivity contribution >= 4 is 36.4 Å². The largest absolute Gasteiger partial charge is 0.347 e. The van der Waals surface area contributed by atoms with Crippen LogP contribution in [-0.2, 0) is 26.2 Å². The molecular weight excluding hydrogens is 434 g/mol. The molecule has 0 aliphatic rings. The lowest BCUT2D eigenvalue weighted by molar-refractivity contribution is 0.101. The number of benzene rings is 2. The number of sulfone groups is 2. The van der Waals surface area contributed by atoms with Crippen LogP contribution in [0.5, 0.6) is 0 Å². The van der Waals surface area contributed by atoms with Gasteiger partial charge in [-0.25, -0.2) is 16.8 Å². The van der Waals surface area contributed by atoms with Crippen molar-refractivity contribution in [2.45, 2.75) is 35.8 Å². The SMILES string of the molecule is C=CCS(=O)(=O)C(CCCn1cc(C(C)=O)c2ccccc21)S(=O)(=O)c1ccccc1.